The van der Waals surface area contributed by atoms with E-state index in [1.165, 1.54) is 17.8 Å². The van der Waals surface area contributed by atoms with Crippen LogP contribution in [0.1, 0.15) is 38.4 Å². The number of hydrogen-bond acceptors (Lipinski definition) is 6. The molecule has 1 fully saturated rings. The molecule has 0 unspecified atom stereocenters. The highest BCUT2D eigenvalue weighted by atomic mass is 32.1. The van der Waals surface area contributed by atoms with E-state index in [-0.39, 0.29) is 12.5 Å². The van der Waals surface area contributed by atoms with Gasteiger partial charge < -0.3 is 15.4 Å². The van der Waals surface area contributed by atoms with Crippen molar-refractivity contribution in [2.75, 3.05) is 18.4 Å². The van der Waals surface area contributed by atoms with E-state index in [9.17, 15) is 9.59 Å². The molecule has 0 aliphatic carbocycles. The summed E-state index contributed by atoms with van der Waals surface area (Å²) in [6.07, 6.45) is 0.641. The average Bonchev–Trinajstić information content (AvgIpc) is 3.13. The summed E-state index contributed by atoms with van der Waals surface area (Å²) in [6, 6.07) is 8.66. The third-order valence-corrected chi connectivity index (χ3v) is 5.86. The van der Waals surface area contributed by atoms with Crippen LogP contribution in [0.4, 0.5) is 9.93 Å². The predicted molar refractivity (Wildman–Crippen MR) is 118 cm³/mol. The number of nitrogens with zero attached hydrogens (tertiary/aromatic N) is 2. The van der Waals surface area contributed by atoms with Gasteiger partial charge in [0.05, 0.1) is 5.69 Å². The molecule has 30 heavy (non-hydrogen) atoms. The molecule has 1 aromatic heterocycles. The summed E-state index contributed by atoms with van der Waals surface area (Å²) in [7, 11) is 0. The van der Waals surface area contributed by atoms with Crippen molar-refractivity contribution >= 4 is 28.5 Å². The number of rotatable bonds is 7. The molecular formula is C22H30N4O3S. The summed E-state index contributed by atoms with van der Waals surface area (Å²) in [6.45, 7) is 9.30. The topological polar surface area (TPSA) is 83.6 Å². The van der Waals surface area contributed by atoms with E-state index in [0.29, 0.717) is 17.0 Å². The summed E-state index contributed by atoms with van der Waals surface area (Å²) in [5.74, 6) is 1.06. The zero-order valence-electron chi connectivity index (χ0n) is 17.8. The van der Waals surface area contributed by atoms with Crippen LogP contribution in [0.5, 0.6) is 0 Å². The highest BCUT2D eigenvalue weighted by molar-refractivity contribution is 7.13. The second kappa shape index (κ2) is 10.5. The monoisotopic (exact) mass is 430 g/mol. The smallest absolute Gasteiger partial charge is 0.408 e. The Bertz CT molecular complexity index is 832. The van der Waals surface area contributed by atoms with Crippen LogP contribution in [0.25, 0.3) is 0 Å². The molecular weight excluding hydrogens is 400 g/mol. The van der Waals surface area contributed by atoms with Crippen LogP contribution in [0.15, 0.2) is 35.7 Å². The first-order valence-electron chi connectivity index (χ1n) is 10.3. The van der Waals surface area contributed by atoms with E-state index in [4.69, 9.17) is 4.74 Å². The lowest BCUT2D eigenvalue weighted by molar-refractivity contribution is -0.117. The van der Waals surface area contributed by atoms with Gasteiger partial charge in [0.2, 0.25) is 5.91 Å². The number of likely N-dealkylation sites (tertiary alicyclic amines) is 1. The lowest BCUT2D eigenvalue weighted by Gasteiger charge is -2.34. The van der Waals surface area contributed by atoms with E-state index >= 15 is 0 Å². The van der Waals surface area contributed by atoms with Crippen molar-refractivity contribution < 1.29 is 14.3 Å². The molecule has 0 bridgehead atoms. The van der Waals surface area contributed by atoms with E-state index in [1.807, 2.05) is 35.7 Å². The highest BCUT2D eigenvalue weighted by Crippen LogP contribution is 2.24. The van der Waals surface area contributed by atoms with E-state index in [1.54, 1.807) is 6.92 Å². The van der Waals surface area contributed by atoms with Crippen LogP contribution in [0, 0.1) is 11.8 Å². The standard InChI is InChI=1S/C22H30N4O3S/c1-15-9-16(2)11-26(10-15)12-19-14-30-21(24-19)25-20(27)17(3)23-22(28)29-13-18-7-5-4-6-8-18/h4-8,14-17H,9-13H2,1-3H3,(H,23,28)(H,24,25,27)/t15-,16+,17-/m1/s1. The zero-order valence-corrected chi connectivity index (χ0v) is 18.6. The zero-order chi connectivity index (χ0) is 21.5. The van der Waals surface area contributed by atoms with Gasteiger partial charge in [-0.15, -0.1) is 11.3 Å². The molecule has 8 heteroatoms. The largest absolute Gasteiger partial charge is 0.445 e. The van der Waals surface area contributed by atoms with Gasteiger partial charge in [-0.3, -0.25) is 9.69 Å². The molecule has 1 aliphatic rings. The number of piperidine rings is 1. The predicted octanol–water partition coefficient (Wildman–Crippen LogP) is 3.87. The number of aromatic nitrogens is 1. The number of hydrogen-bond donors (Lipinski definition) is 2. The Hall–Kier alpha value is -2.45. The van der Waals surface area contributed by atoms with E-state index in [2.05, 4.69) is 34.4 Å². The second-order valence-corrected chi connectivity index (χ2v) is 9.06. The van der Waals surface area contributed by atoms with Gasteiger partial charge in [0, 0.05) is 25.0 Å². The van der Waals surface area contributed by atoms with Crippen molar-refractivity contribution in [2.45, 2.75) is 46.4 Å². The SMILES string of the molecule is C[C@@H]1C[C@H](C)CN(Cc2csc(NC(=O)[C@@H](C)NC(=O)OCc3ccccc3)n2)C1. The first-order chi connectivity index (χ1) is 14.4. The molecule has 2 aromatic rings. The number of anilines is 1. The molecule has 1 aromatic carbocycles. The maximum atomic E-state index is 12.4. The number of ether oxygens (including phenoxy) is 1. The third-order valence-electron chi connectivity index (χ3n) is 5.05. The Morgan fingerprint density at radius 1 is 1.23 bits per heavy atom. The number of alkyl carbamates (subject to hydrolysis) is 1. The highest BCUT2D eigenvalue weighted by Gasteiger charge is 2.23. The van der Waals surface area contributed by atoms with Crippen molar-refractivity contribution in [3.8, 4) is 0 Å². The minimum Gasteiger partial charge on any atom is -0.445 e. The van der Waals surface area contributed by atoms with E-state index in [0.717, 1.165) is 30.9 Å². The molecule has 7 nitrogen and oxygen atoms in total. The van der Waals surface area contributed by atoms with Crippen LogP contribution < -0.4 is 10.6 Å². The third kappa shape index (κ3) is 6.81. The molecule has 3 rings (SSSR count). The Labute approximate surface area is 181 Å². The van der Waals surface area contributed by atoms with Crippen molar-refractivity contribution in [1.29, 1.82) is 0 Å². The molecule has 2 heterocycles. The Kier molecular flexibility index (Phi) is 7.81. The minimum atomic E-state index is -0.732. The fourth-order valence-electron chi connectivity index (χ4n) is 3.81. The molecule has 2 N–H and O–H groups in total. The van der Waals surface area contributed by atoms with Gasteiger partial charge in [0.25, 0.3) is 0 Å². The van der Waals surface area contributed by atoms with Crippen LogP contribution in [-0.4, -0.2) is 41.0 Å². The van der Waals surface area contributed by atoms with Gasteiger partial charge in [-0.1, -0.05) is 44.2 Å². The van der Waals surface area contributed by atoms with Crippen molar-refractivity contribution in [3.63, 3.8) is 0 Å². The number of carbonyl (C=O) groups is 2. The first-order valence-corrected chi connectivity index (χ1v) is 11.2. The average molecular weight is 431 g/mol. The summed E-state index contributed by atoms with van der Waals surface area (Å²) in [5, 5.41) is 7.84. The van der Waals surface area contributed by atoms with Crippen molar-refractivity contribution in [1.82, 2.24) is 15.2 Å². The fraction of sp³-hybridized carbons (Fsp3) is 0.500. The summed E-state index contributed by atoms with van der Waals surface area (Å²) >= 11 is 1.40. The Balaban J connectivity index is 1.43. The lowest BCUT2D eigenvalue weighted by Crippen LogP contribution is -2.41. The van der Waals surface area contributed by atoms with Gasteiger partial charge in [0.15, 0.2) is 5.13 Å². The maximum Gasteiger partial charge on any atom is 0.408 e. The summed E-state index contributed by atoms with van der Waals surface area (Å²) < 4.78 is 5.16. The summed E-state index contributed by atoms with van der Waals surface area (Å²) in [4.78, 5) is 31.3. The molecule has 3 atom stereocenters. The van der Waals surface area contributed by atoms with Gasteiger partial charge in [0.1, 0.15) is 12.6 Å². The lowest BCUT2D eigenvalue weighted by atomic mass is 9.92. The number of benzene rings is 1. The van der Waals surface area contributed by atoms with Crippen LogP contribution in [0.3, 0.4) is 0 Å². The first kappa shape index (κ1) is 22.2. The molecule has 1 aliphatic heterocycles. The Morgan fingerprint density at radius 3 is 2.63 bits per heavy atom. The van der Waals surface area contributed by atoms with Crippen molar-refractivity contribution in [2.24, 2.45) is 11.8 Å². The number of nitrogens with one attached hydrogen (secondary N) is 2. The van der Waals surface area contributed by atoms with Crippen LogP contribution in [0.2, 0.25) is 0 Å². The van der Waals surface area contributed by atoms with Gasteiger partial charge >= 0.3 is 6.09 Å². The van der Waals surface area contributed by atoms with Gasteiger partial charge in [-0.05, 0) is 30.7 Å². The van der Waals surface area contributed by atoms with Crippen molar-refractivity contribution in [3.05, 3.63) is 47.0 Å². The van der Waals surface area contributed by atoms with Gasteiger partial charge in [-0.25, -0.2) is 9.78 Å². The van der Waals surface area contributed by atoms with E-state index < -0.39 is 12.1 Å². The molecule has 2 amide bonds. The molecule has 0 radical (unpaired) electrons. The summed E-state index contributed by atoms with van der Waals surface area (Å²) in [5.41, 5.74) is 1.84. The molecule has 0 spiro atoms. The number of amides is 2. The minimum absolute atomic E-state index is 0.157. The maximum absolute atomic E-state index is 12.4. The Morgan fingerprint density at radius 2 is 1.93 bits per heavy atom. The van der Waals surface area contributed by atoms with Crippen LogP contribution >= 0.6 is 11.3 Å². The fourth-order valence-corrected chi connectivity index (χ4v) is 4.51. The van der Waals surface area contributed by atoms with Gasteiger partial charge in [-0.2, -0.15) is 0 Å². The molecule has 1 saturated heterocycles. The normalized spacial score (nSPS) is 20.4. The quantitative estimate of drug-likeness (QED) is 0.697. The molecule has 162 valence electrons. The molecule has 0 saturated carbocycles. The number of carbonyl (C=O) groups excluding carboxylic acids is 2. The van der Waals surface area contributed by atoms with Crippen LogP contribution in [-0.2, 0) is 22.7 Å². The number of thiazole rings is 1. The second-order valence-electron chi connectivity index (χ2n) is 8.20.